The summed E-state index contributed by atoms with van der Waals surface area (Å²) < 4.78 is 2.01. The molecule has 0 spiro atoms. The standard InChI is InChI=1S/C14H17N3O/c1-3-7-14(18)16(4-2)11-12-10-15-13-8-5-6-9-17(12)13/h3,5-10H,4,11H2,1-2H3. The number of pyridine rings is 1. The van der Waals surface area contributed by atoms with E-state index in [4.69, 9.17) is 0 Å². The zero-order valence-electron chi connectivity index (χ0n) is 10.7. The minimum atomic E-state index is 0.0332. The van der Waals surface area contributed by atoms with E-state index < -0.39 is 0 Å². The molecule has 0 aliphatic rings. The molecule has 0 fully saturated rings. The van der Waals surface area contributed by atoms with E-state index in [9.17, 15) is 4.79 Å². The smallest absolute Gasteiger partial charge is 0.246 e. The predicted molar refractivity (Wildman–Crippen MR) is 71.1 cm³/mol. The molecule has 0 atom stereocenters. The Morgan fingerprint density at radius 1 is 1.50 bits per heavy atom. The predicted octanol–water partition coefficient (Wildman–Crippen LogP) is 2.26. The summed E-state index contributed by atoms with van der Waals surface area (Å²) in [6.45, 7) is 5.08. The van der Waals surface area contributed by atoms with Gasteiger partial charge in [0.2, 0.25) is 5.91 Å². The summed E-state index contributed by atoms with van der Waals surface area (Å²) in [7, 11) is 0. The van der Waals surface area contributed by atoms with Gasteiger partial charge in [-0.2, -0.15) is 0 Å². The summed E-state index contributed by atoms with van der Waals surface area (Å²) in [5.74, 6) is 0.0332. The number of likely N-dealkylation sites (N-methyl/N-ethyl adjacent to an activating group) is 1. The molecule has 0 radical (unpaired) electrons. The van der Waals surface area contributed by atoms with Crippen LogP contribution in [0.3, 0.4) is 0 Å². The van der Waals surface area contributed by atoms with Crippen molar-refractivity contribution < 1.29 is 4.79 Å². The Hall–Kier alpha value is -2.10. The average Bonchev–Trinajstić information content (AvgIpc) is 2.79. The van der Waals surface area contributed by atoms with Crippen molar-refractivity contribution in [3.63, 3.8) is 0 Å². The number of amides is 1. The number of imidazole rings is 1. The summed E-state index contributed by atoms with van der Waals surface area (Å²) >= 11 is 0. The van der Waals surface area contributed by atoms with Gasteiger partial charge in [0.15, 0.2) is 0 Å². The lowest BCUT2D eigenvalue weighted by atomic mass is 10.3. The van der Waals surface area contributed by atoms with Gasteiger partial charge in [0.25, 0.3) is 0 Å². The lowest BCUT2D eigenvalue weighted by Crippen LogP contribution is -2.29. The van der Waals surface area contributed by atoms with Gasteiger partial charge < -0.3 is 9.30 Å². The zero-order valence-corrected chi connectivity index (χ0v) is 10.7. The van der Waals surface area contributed by atoms with Gasteiger partial charge in [0.1, 0.15) is 5.65 Å². The zero-order chi connectivity index (χ0) is 13.0. The molecule has 4 nitrogen and oxygen atoms in total. The Morgan fingerprint density at radius 2 is 2.33 bits per heavy atom. The minimum Gasteiger partial charge on any atom is -0.334 e. The largest absolute Gasteiger partial charge is 0.334 e. The first-order chi connectivity index (χ1) is 8.76. The van der Waals surface area contributed by atoms with Crippen LogP contribution in [-0.4, -0.2) is 26.7 Å². The topological polar surface area (TPSA) is 37.6 Å². The summed E-state index contributed by atoms with van der Waals surface area (Å²) in [5.41, 5.74) is 1.92. The fourth-order valence-corrected chi connectivity index (χ4v) is 1.89. The Labute approximate surface area is 107 Å². The number of hydrogen-bond acceptors (Lipinski definition) is 2. The highest BCUT2D eigenvalue weighted by Gasteiger charge is 2.11. The van der Waals surface area contributed by atoms with Crippen LogP contribution in [-0.2, 0) is 11.3 Å². The van der Waals surface area contributed by atoms with Crippen molar-refractivity contribution in [2.75, 3.05) is 6.54 Å². The molecule has 0 unspecified atom stereocenters. The van der Waals surface area contributed by atoms with Crippen molar-refractivity contribution in [3.8, 4) is 0 Å². The van der Waals surface area contributed by atoms with Crippen LogP contribution in [0.1, 0.15) is 19.5 Å². The number of hydrogen-bond donors (Lipinski definition) is 0. The van der Waals surface area contributed by atoms with Crippen LogP contribution in [0.2, 0.25) is 0 Å². The third kappa shape index (κ3) is 2.42. The molecule has 18 heavy (non-hydrogen) atoms. The van der Waals surface area contributed by atoms with Crippen LogP contribution in [0.5, 0.6) is 0 Å². The molecule has 0 aromatic carbocycles. The van der Waals surface area contributed by atoms with E-state index in [-0.39, 0.29) is 5.91 Å². The number of carbonyl (C=O) groups excluding carboxylic acids is 1. The minimum absolute atomic E-state index is 0.0332. The fraction of sp³-hybridized carbons (Fsp3) is 0.286. The van der Waals surface area contributed by atoms with Gasteiger partial charge in [-0.05, 0) is 32.1 Å². The van der Waals surface area contributed by atoms with Crippen LogP contribution < -0.4 is 0 Å². The van der Waals surface area contributed by atoms with Crippen molar-refractivity contribution in [2.24, 2.45) is 0 Å². The average molecular weight is 243 g/mol. The molecule has 2 rings (SSSR count). The molecule has 0 saturated heterocycles. The van der Waals surface area contributed by atoms with Crippen molar-refractivity contribution in [2.45, 2.75) is 20.4 Å². The number of fused-ring (bicyclic) bond motifs is 1. The lowest BCUT2D eigenvalue weighted by Gasteiger charge is -2.18. The second kappa shape index (κ2) is 5.49. The quantitative estimate of drug-likeness (QED) is 0.772. The van der Waals surface area contributed by atoms with Crippen LogP contribution in [0.25, 0.3) is 5.65 Å². The Bertz CT molecular complexity index is 571. The van der Waals surface area contributed by atoms with Crippen LogP contribution in [0.4, 0.5) is 0 Å². The highest BCUT2D eigenvalue weighted by atomic mass is 16.2. The van der Waals surface area contributed by atoms with Crippen molar-refractivity contribution in [1.29, 1.82) is 0 Å². The third-order valence-electron chi connectivity index (χ3n) is 2.85. The van der Waals surface area contributed by atoms with Crippen LogP contribution in [0, 0.1) is 0 Å². The van der Waals surface area contributed by atoms with Crippen molar-refractivity contribution in [1.82, 2.24) is 14.3 Å². The molecule has 4 heteroatoms. The van der Waals surface area contributed by atoms with Gasteiger partial charge in [-0.15, -0.1) is 0 Å². The van der Waals surface area contributed by atoms with E-state index in [1.807, 2.05) is 48.8 Å². The number of nitrogens with zero attached hydrogens (tertiary/aromatic N) is 3. The molecular weight excluding hydrogens is 226 g/mol. The molecule has 2 aromatic rings. The second-order valence-corrected chi connectivity index (χ2v) is 4.03. The molecule has 1 amide bonds. The van der Waals surface area contributed by atoms with E-state index in [2.05, 4.69) is 4.98 Å². The maximum absolute atomic E-state index is 11.8. The number of rotatable bonds is 4. The molecule has 0 bridgehead atoms. The number of allylic oxidation sites excluding steroid dienone is 1. The van der Waals surface area contributed by atoms with E-state index in [0.29, 0.717) is 13.1 Å². The number of aromatic nitrogens is 2. The first kappa shape index (κ1) is 12.4. The summed E-state index contributed by atoms with van der Waals surface area (Å²) in [6, 6.07) is 5.87. The van der Waals surface area contributed by atoms with E-state index >= 15 is 0 Å². The van der Waals surface area contributed by atoms with E-state index in [1.54, 1.807) is 17.1 Å². The van der Waals surface area contributed by atoms with E-state index in [0.717, 1.165) is 11.3 Å². The highest BCUT2D eigenvalue weighted by Crippen LogP contribution is 2.09. The molecule has 0 N–H and O–H groups in total. The maximum Gasteiger partial charge on any atom is 0.246 e. The molecule has 0 aliphatic heterocycles. The molecule has 0 aliphatic carbocycles. The SMILES string of the molecule is CC=CC(=O)N(CC)Cc1cnc2ccccn12. The van der Waals surface area contributed by atoms with Crippen LogP contribution >= 0.6 is 0 Å². The van der Waals surface area contributed by atoms with Gasteiger partial charge in [-0.1, -0.05) is 12.1 Å². The van der Waals surface area contributed by atoms with Gasteiger partial charge >= 0.3 is 0 Å². The summed E-state index contributed by atoms with van der Waals surface area (Å²) in [6.07, 6.45) is 7.14. The Kier molecular flexibility index (Phi) is 3.77. The van der Waals surface area contributed by atoms with Gasteiger partial charge in [0.05, 0.1) is 18.4 Å². The first-order valence-corrected chi connectivity index (χ1v) is 6.08. The molecule has 94 valence electrons. The summed E-state index contributed by atoms with van der Waals surface area (Å²) in [4.78, 5) is 18.0. The lowest BCUT2D eigenvalue weighted by molar-refractivity contribution is -0.126. The van der Waals surface area contributed by atoms with Crippen molar-refractivity contribution in [3.05, 3.63) is 48.4 Å². The third-order valence-corrected chi connectivity index (χ3v) is 2.85. The molecular formula is C14H17N3O. The van der Waals surface area contributed by atoms with Crippen molar-refractivity contribution >= 4 is 11.6 Å². The second-order valence-electron chi connectivity index (χ2n) is 4.03. The molecule has 0 saturated carbocycles. The number of carbonyl (C=O) groups is 1. The highest BCUT2D eigenvalue weighted by molar-refractivity contribution is 5.87. The van der Waals surface area contributed by atoms with Gasteiger partial charge in [-0.3, -0.25) is 4.79 Å². The van der Waals surface area contributed by atoms with Gasteiger partial charge in [-0.25, -0.2) is 4.98 Å². The molecule has 2 aromatic heterocycles. The maximum atomic E-state index is 11.8. The first-order valence-electron chi connectivity index (χ1n) is 6.08. The normalized spacial score (nSPS) is 11.2. The van der Waals surface area contributed by atoms with Gasteiger partial charge in [0, 0.05) is 12.7 Å². The molecule has 2 heterocycles. The Morgan fingerprint density at radius 3 is 3.06 bits per heavy atom. The fourth-order valence-electron chi connectivity index (χ4n) is 1.89. The monoisotopic (exact) mass is 243 g/mol. The van der Waals surface area contributed by atoms with Crippen LogP contribution in [0.15, 0.2) is 42.7 Å². The Balaban J connectivity index is 2.24. The van der Waals surface area contributed by atoms with E-state index in [1.165, 1.54) is 0 Å². The summed E-state index contributed by atoms with van der Waals surface area (Å²) in [5, 5.41) is 0.